The summed E-state index contributed by atoms with van der Waals surface area (Å²) in [5.74, 6) is 0.413. The van der Waals surface area contributed by atoms with Crippen LogP contribution in [0, 0.1) is 0 Å². The van der Waals surface area contributed by atoms with Crippen LogP contribution in [0.1, 0.15) is 18.4 Å². The van der Waals surface area contributed by atoms with Crippen molar-refractivity contribution in [1.82, 2.24) is 10.2 Å². The Morgan fingerprint density at radius 3 is 2.48 bits per heavy atom. The first-order valence-corrected chi connectivity index (χ1v) is 8.14. The van der Waals surface area contributed by atoms with Crippen molar-refractivity contribution in [1.29, 1.82) is 0 Å². The van der Waals surface area contributed by atoms with Gasteiger partial charge in [-0.2, -0.15) is 0 Å². The number of hydrogen-bond donors (Lipinski definition) is 1. The molecule has 2 fully saturated rings. The van der Waals surface area contributed by atoms with E-state index >= 15 is 0 Å². The molecule has 0 aromatic heterocycles. The predicted octanol–water partition coefficient (Wildman–Crippen LogP) is 1.79. The number of amides is 2. The van der Waals surface area contributed by atoms with Crippen LogP contribution in [0.15, 0.2) is 24.3 Å². The molecule has 2 amide bonds. The predicted molar refractivity (Wildman–Crippen MR) is 85.5 cm³/mol. The second-order valence-corrected chi connectivity index (χ2v) is 5.92. The van der Waals surface area contributed by atoms with E-state index in [0.717, 1.165) is 25.0 Å². The Balaban J connectivity index is 1.39. The highest BCUT2D eigenvalue weighted by molar-refractivity contribution is 5.74. The Bertz CT molecular complexity index is 516. The quantitative estimate of drug-likeness (QED) is 0.919. The topological polar surface area (TPSA) is 60.0 Å². The number of nitrogens with zero attached hydrogens (tertiary/aromatic N) is 1. The second kappa shape index (κ2) is 7.19. The molecule has 2 aliphatic rings. The normalized spacial score (nSPS) is 19.8. The first-order chi connectivity index (χ1) is 11.2. The number of ether oxygens (including phenoxy) is 3. The monoisotopic (exact) mass is 320 g/mol. The molecule has 6 nitrogen and oxygen atoms in total. The van der Waals surface area contributed by atoms with Crippen molar-refractivity contribution in [2.24, 2.45) is 0 Å². The van der Waals surface area contributed by atoms with Crippen LogP contribution in [0.4, 0.5) is 4.79 Å². The minimum atomic E-state index is -0.431. The first kappa shape index (κ1) is 16.1. The molecule has 1 spiro atoms. The maximum Gasteiger partial charge on any atom is 0.317 e. The Labute approximate surface area is 136 Å². The van der Waals surface area contributed by atoms with Gasteiger partial charge in [-0.1, -0.05) is 12.1 Å². The van der Waals surface area contributed by atoms with Gasteiger partial charge in [-0.3, -0.25) is 0 Å². The van der Waals surface area contributed by atoms with E-state index in [1.165, 1.54) is 5.56 Å². The van der Waals surface area contributed by atoms with Gasteiger partial charge in [0, 0.05) is 32.5 Å². The van der Waals surface area contributed by atoms with Gasteiger partial charge in [0.05, 0.1) is 20.3 Å². The number of piperidine rings is 1. The summed E-state index contributed by atoms with van der Waals surface area (Å²) in [6.45, 7) is 3.30. The zero-order chi connectivity index (χ0) is 16.1. The van der Waals surface area contributed by atoms with E-state index in [2.05, 4.69) is 5.32 Å². The number of nitrogens with one attached hydrogen (secondary N) is 1. The Morgan fingerprint density at radius 1 is 1.22 bits per heavy atom. The second-order valence-electron chi connectivity index (χ2n) is 5.92. The highest BCUT2D eigenvalue weighted by Gasteiger charge is 2.40. The fourth-order valence-corrected chi connectivity index (χ4v) is 3.05. The van der Waals surface area contributed by atoms with E-state index < -0.39 is 5.79 Å². The molecule has 0 radical (unpaired) electrons. The van der Waals surface area contributed by atoms with E-state index in [1.807, 2.05) is 29.2 Å². The number of rotatable bonds is 4. The lowest BCUT2D eigenvalue weighted by molar-refractivity contribution is -0.181. The van der Waals surface area contributed by atoms with E-state index in [4.69, 9.17) is 14.2 Å². The largest absolute Gasteiger partial charge is 0.497 e. The van der Waals surface area contributed by atoms with Crippen molar-refractivity contribution < 1.29 is 19.0 Å². The van der Waals surface area contributed by atoms with Crippen LogP contribution in [0.3, 0.4) is 0 Å². The average molecular weight is 320 g/mol. The summed E-state index contributed by atoms with van der Waals surface area (Å²) >= 11 is 0. The molecule has 3 rings (SSSR count). The molecule has 0 atom stereocenters. The number of hydrogen-bond acceptors (Lipinski definition) is 4. The molecule has 1 N–H and O–H groups in total. The van der Waals surface area contributed by atoms with Gasteiger partial charge in [-0.05, 0) is 24.1 Å². The molecular weight excluding hydrogens is 296 g/mol. The standard InChI is InChI=1S/C17H24N2O4/c1-21-15-4-2-14(3-5-15)6-9-18-16(20)19-10-7-17(8-11-19)22-12-13-23-17/h2-5H,6-13H2,1H3,(H,18,20). The van der Waals surface area contributed by atoms with Crippen molar-refractivity contribution in [2.75, 3.05) is 40.0 Å². The number of methoxy groups -OCH3 is 1. The average Bonchev–Trinajstić information content (AvgIpc) is 3.04. The summed E-state index contributed by atoms with van der Waals surface area (Å²) in [5, 5.41) is 2.98. The Hall–Kier alpha value is -1.79. The van der Waals surface area contributed by atoms with Gasteiger partial charge in [-0.15, -0.1) is 0 Å². The molecular formula is C17H24N2O4. The number of likely N-dealkylation sites (tertiary alicyclic amines) is 1. The fraction of sp³-hybridized carbons (Fsp3) is 0.588. The van der Waals surface area contributed by atoms with E-state index in [1.54, 1.807) is 7.11 Å². The van der Waals surface area contributed by atoms with Crippen molar-refractivity contribution in [3.05, 3.63) is 29.8 Å². The summed E-state index contributed by atoms with van der Waals surface area (Å²) in [6.07, 6.45) is 2.30. The van der Waals surface area contributed by atoms with Crippen molar-refractivity contribution in [2.45, 2.75) is 25.0 Å². The molecule has 1 aromatic rings. The minimum Gasteiger partial charge on any atom is -0.497 e. The third kappa shape index (κ3) is 3.95. The molecule has 0 bridgehead atoms. The van der Waals surface area contributed by atoms with Crippen LogP contribution in [0.25, 0.3) is 0 Å². The van der Waals surface area contributed by atoms with Gasteiger partial charge in [0.15, 0.2) is 5.79 Å². The maximum atomic E-state index is 12.2. The summed E-state index contributed by atoms with van der Waals surface area (Å²) in [7, 11) is 1.65. The molecule has 23 heavy (non-hydrogen) atoms. The van der Waals surface area contributed by atoms with Gasteiger partial charge < -0.3 is 24.4 Å². The molecule has 126 valence electrons. The van der Waals surface area contributed by atoms with Gasteiger partial charge in [0.2, 0.25) is 0 Å². The lowest BCUT2D eigenvalue weighted by Crippen LogP contribution is -2.50. The van der Waals surface area contributed by atoms with Gasteiger partial charge >= 0.3 is 6.03 Å². The van der Waals surface area contributed by atoms with Crippen LogP contribution >= 0.6 is 0 Å². The highest BCUT2D eigenvalue weighted by Crippen LogP contribution is 2.31. The smallest absolute Gasteiger partial charge is 0.317 e. The van der Waals surface area contributed by atoms with Crippen molar-refractivity contribution >= 4 is 6.03 Å². The third-order valence-electron chi connectivity index (χ3n) is 4.47. The molecule has 0 saturated carbocycles. The van der Waals surface area contributed by atoms with Crippen molar-refractivity contribution in [3.8, 4) is 5.75 Å². The summed E-state index contributed by atoms with van der Waals surface area (Å²) < 4.78 is 16.5. The van der Waals surface area contributed by atoms with Crippen LogP contribution < -0.4 is 10.1 Å². The van der Waals surface area contributed by atoms with Gasteiger partial charge in [0.25, 0.3) is 0 Å². The molecule has 6 heteroatoms. The molecule has 2 saturated heterocycles. The van der Waals surface area contributed by atoms with Crippen molar-refractivity contribution in [3.63, 3.8) is 0 Å². The molecule has 0 unspecified atom stereocenters. The number of urea groups is 1. The molecule has 2 heterocycles. The molecule has 1 aromatic carbocycles. The van der Waals surface area contributed by atoms with Crippen LogP contribution in [-0.2, 0) is 15.9 Å². The summed E-state index contributed by atoms with van der Waals surface area (Å²) in [6, 6.07) is 7.90. The number of carbonyl (C=O) groups is 1. The van der Waals surface area contributed by atoms with Crippen LogP contribution in [0.2, 0.25) is 0 Å². The first-order valence-electron chi connectivity index (χ1n) is 8.14. The Morgan fingerprint density at radius 2 is 1.87 bits per heavy atom. The number of carbonyl (C=O) groups excluding carboxylic acids is 1. The highest BCUT2D eigenvalue weighted by atomic mass is 16.7. The number of benzene rings is 1. The zero-order valence-electron chi connectivity index (χ0n) is 13.5. The zero-order valence-corrected chi connectivity index (χ0v) is 13.5. The summed E-state index contributed by atoms with van der Waals surface area (Å²) in [4.78, 5) is 14.0. The van der Waals surface area contributed by atoms with E-state index in [-0.39, 0.29) is 6.03 Å². The Kier molecular flexibility index (Phi) is 5.03. The lowest BCUT2D eigenvalue weighted by Gasteiger charge is -2.37. The van der Waals surface area contributed by atoms with E-state index in [9.17, 15) is 4.79 Å². The van der Waals surface area contributed by atoms with Gasteiger partial charge in [-0.25, -0.2) is 4.79 Å². The van der Waals surface area contributed by atoms with Crippen LogP contribution in [0.5, 0.6) is 5.75 Å². The maximum absolute atomic E-state index is 12.2. The van der Waals surface area contributed by atoms with Crippen LogP contribution in [-0.4, -0.2) is 56.7 Å². The molecule has 2 aliphatic heterocycles. The fourth-order valence-electron chi connectivity index (χ4n) is 3.05. The minimum absolute atomic E-state index is 0.00800. The van der Waals surface area contributed by atoms with E-state index in [0.29, 0.717) is 32.8 Å². The summed E-state index contributed by atoms with van der Waals surface area (Å²) in [5.41, 5.74) is 1.18. The third-order valence-corrected chi connectivity index (χ3v) is 4.47. The lowest BCUT2D eigenvalue weighted by atomic mass is 10.0. The molecule has 0 aliphatic carbocycles. The SMILES string of the molecule is COc1ccc(CCNC(=O)N2CCC3(CC2)OCCO3)cc1. The van der Waals surface area contributed by atoms with Gasteiger partial charge in [0.1, 0.15) is 5.75 Å².